The zero-order valence-electron chi connectivity index (χ0n) is 12.2. The van der Waals surface area contributed by atoms with Crippen LogP contribution in [0.1, 0.15) is 51.9 Å². The molecule has 0 aromatic heterocycles. The van der Waals surface area contributed by atoms with Crippen LogP contribution in [0.3, 0.4) is 0 Å². The third kappa shape index (κ3) is 3.25. The molecule has 1 aliphatic carbocycles. The molecule has 2 fully saturated rings. The Morgan fingerprint density at radius 1 is 0.889 bits per heavy atom. The molecule has 0 amide bonds. The van der Waals surface area contributed by atoms with Gasteiger partial charge in [0.2, 0.25) is 0 Å². The van der Waals surface area contributed by atoms with Crippen molar-refractivity contribution in [1.82, 2.24) is 9.80 Å². The lowest BCUT2D eigenvalue weighted by atomic mass is 9.82. The van der Waals surface area contributed by atoms with Crippen molar-refractivity contribution in [2.45, 2.75) is 57.4 Å². The highest BCUT2D eigenvalue weighted by atomic mass is 15.3. The Bertz CT molecular complexity index is 226. The Labute approximate surface area is 113 Å². The third-order valence-electron chi connectivity index (χ3n) is 5.15. The van der Waals surface area contributed by atoms with Crippen LogP contribution in [0.2, 0.25) is 0 Å². The van der Waals surface area contributed by atoms with Crippen LogP contribution in [-0.2, 0) is 0 Å². The molecule has 0 radical (unpaired) electrons. The molecule has 0 unspecified atom stereocenters. The predicted molar refractivity (Wildman–Crippen MR) is 77.8 cm³/mol. The van der Waals surface area contributed by atoms with Crippen molar-refractivity contribution in [1.29, 1.82) is 0 Å². The Hall–Kier alpha value is -0.120. The van der Waals surface area contributed by atoms with Gasteiger partial charge < -0.3 is 10.6 Å². The molecule has 0 atom stereocenters. The fourth-order valence-corrected chi connectivity index (χ4v) is 3.75. The van der Waals surface area contributed by atoms with Gasteiger partial charge in [-0.2, -0.15) is 0 Å². The predicted octanol–water partition coefficient (Wildman–Crippen LogP) is 2.07. The average molecular weight is 253 g/mol. The minimum Gasteiger partial charge on any atom is -0.329 e. The van der Waals surface area contributed by atoms with Crippen LogP contribution in [0.25, 0.3) is 0 Å². The summed E-state index contributed by atoms with van der Waals surface area (Å²) in [5.74, 6) is 0. The number of rotatable bonds is 3. The van der Waals surface area contributed by atoms with Gasteiger partial charge in [0.15, 0.2) is 0 Å². The van der Waals surface area contributed by atoms with E-state index in [-0.39, 0.29) is 0 Å². The van der Waals surface area contributed by atoms with Gasteiger partial charge in [-0.25, -0.2) is 0 Å². The minimum atomic E-state index is 0.334. The van der Waals surface area contributed by atoms with E-state index in [1.165, 1.54) is 77.7 Å². The van der Waals surface area contributed by atoms with E-state index in [4.69, 9.17) is 5.73 Å². The molecule has 1 heterocycles. The number of nitrogens with zero attached hydrogens (tertiary/aromatic N) is 2. The van der Waals surface area contributed by atoms with E-state index in [0.29, 0.717) is 5.54 Å². The number of hydrogen-bond donors (Lipinski definition) is 1. The summed E-state index contributed by atoms with van der Waals surface area (Å²) in [6.45, 7) is 9.25. The average Bonchev–Trinajstić information content (AvgIpc) is 2.40. The largest absolute Gasteiger partial charge is 0.329 e. The van der Waals surface area contributed by atoms with Gasteiger partial charge in [-0.15, -0.1) is 0 Å². The highest BCUT2D eigenvalue weighted by Crippen LogP contribution is 2.31. The summed E-state index contributed by atoms with van der Waals surface area (Å²) in [6, 6.07) is 0. The fraction of sp³-hybridized carbons (Fsp3) is 1.00. The lowest BCUT2D eigenvalue weighted by molar-refractivity contribution is 0.0209. The monoisotopic (exact) mass is 253 g/mol. The molecule has 0 aromatic carbocycles. The molecule has 2 rings (SSSR count). The second-order valence-corrected chi connectivity index (χ2v) is 6.12. The van der Waals surface area contributed by atoms with Crippen molar-refractivity contribution in [3.8, 4) is 0 Å². The van der Waals surface area contributed by atoms with Gasteiger partial charge >= 0.3 is 0 Å². The van der Waals surface area contributed by atoms with E-state index in [9.17, 15) is 0 Å². The SMILES string of the molecule is CCN1CCN(C2(CN)CCCCCCC2)CC1. The number of piperazine rings is 1. The van der Waals surface area contributed by atoms with E-state index < -0.39 is 0 Å². The summed E-state index contributed by atoms with van der Waals surface area (Å²) in [6.07, 6.45) is 9.68. The minimum absolute atomic E-state index is 0.334. The first-order valence-electron chi connectivity index (χ1n) is 7.98. The van der Waals surface area contributed by atoms with Crippen LogP contribution in [0, 0.1) is 0 Å². The van der Waals surface area contributed by atoms with Crippen LogP contribution in [0.5, 0.6) is 0 Å². The van der Waals surface area contributed by atoms with Crippen molar-refractivity contribution in [3.05, 3.63) is 0 Å². The van der Waals surface area contributed by atoms with Gasteiger partial charge in [-0.1, -0.05) is 39.0 Å². The molecule has 1 aliphatic heterocycles. The lowest BCUT2D eigenvalue weighted by Crippen LogP contribution is -2.60. The quantitative estimate of drug-likeness (QED) is 0.836. The Balaban J connectivity index is 1.97. The zero-order chi connectivity index (χ0) is 12.8. The van der Waals surface area contributed by atoms with Gasteiger partial charge in [0.25, 0.3) is 0 Å². The maximum absolute atomic E-state index is 6.20. The topological polar surface area (TPSA) is 32.5 Å². The molecular weight excluding hydrogens is 222 g/mol. The van der Waals surface area contributed by atoms with Crippen LogP contribution in [0.4, 0.5) is 0 Å². The summed E-state index contributed by atoms with van der Waals surface area (Å²) in [4.78, 5) is 5.29. The molecule has 1 saturated carbocycles. The molecule has 3 nitrogen and oxygen atoms in total. The fourth-order valence-electron chi connectivity index (χ4n) is 3.75. The van der Waals surface area contributed by atoms with Crippen molar-refractivity contribution in [3.63, 3.8) is 0 Å². The third-order valence-corrected chi connectivity index (χ3v) is 5.15. The van der Waals surface area contributed by atoms with Crippen LogP contribution < -0.4 is 5.73 Å². The van der Waals surface area contributed by atoms with E-state index in [0.717, 1.165) is 6.54 Å². The normalized spacial score (nSPS) is 27.7. The highest BCUT2D eigenvalue weighted by molar-refractivity contribution is 4.94. The Morgan fingerprint density at radius 2 is 1.44 bits per heavy atom. The summed E-state index contributed by atoms with van der Waals surface area (Å²) < 4.78 is 0. The number of hydrogen-bond acceptors (Lipinski definition) is 3. The summed E-state index contributed by atoms with van der Waals surface area (Å²) in [7, 11) is 0. The maximum atomic E-state index is 6.20. The first kappa shape index (κ1) is 14.3. The van der Waals surface area contributed by atoms with Crippen molar-refractivity contribution in [2.24, 2.45) is 5.73 Å². The molecular formula is C15H31N3. The highest BCUT2D eigenvalue weighted by Gasteiger charge is 2.36. The summed E-state index contributed by atoms with van der Waals surface area (Å²) in [5, 5.41) is 0. The van der Waals surface area contributed by atoms with Crippen molar-refractivity contribution in [2.75, 3.05) is 39.3 Å². The van der Waals surface area contributed by atoms with E-state index in [1.54, 1.807) is 0 Å². The van der Waals surface area contributed by atoms with Crippen molar-refractivity contribution < 1.29 is 0 Å². The van der Waals surface area contributed by atoms with E-state index >= 15 is 0 Å². The summed E-state index contributed by atoms with van der Waals surface area (Å²) >= 11 is 0. The number of nitrogens with two attached hydrogens (primary N) is 1. The van der Waals surface area contributed by atoms with Gasteiger partial charge in [0.05, 0.1) is 0 Å². The van der Waals surface area contributed by atoms with E-state index in [1.807, 2.05) is 0 Å². The molecule has 0 spiro atoms. The molecule has 106 valence electrons. The first-order chi connectivity index (χ1) is 8.80. The maximum Gasteiger partial charge on any atom is 0.0332 e. The molecule has 0 aromatic rings. The van der Waals surface area contributed by atoms with Gasteiger partial charge in [0, 0.05) is 38.3 Å². The molecule has 1 saturated heterocycles. The van der Waals surface area contributed by atoms with E-state index in [2.05, 4.69) is 16.7 Å². The van der Waals surface area contributed by atoms with Crippen molar-refractivity contribution >= 4 is 0 Å². The van der Waals surface area contributed by atoms with Gasteiger partial charge in [0.1, 0.15) is 0 Å². The zero-order valence-corrected chi connectivity index (χ0v) is 12.2. The summed E-state index contributed by atoms with van der Waals surface area (Å²) in [5.41, 5.74) is 6.54. The van der Waals surface area contributed by atoms with Crippen LogP contribution in [0.15, 0.2) is 0 Å². The lowest BCUT2D eigenvalue weighted by Gasteiger charge is -2.48. The standard InChI is InChI=1S/C15H31N3/c1-2-17-10-12-18(13-11-17)15(14-16)8-6-4-3-5-7-9-15/h2-14,16H2,1H3. The molecule has 2 N–H and O–H groups in total. The van der Waals surface area contributed by atoms with Crippen LogP contribution in [-0.4, -0.2) is 54.6 Å². The van der Waals surface area contributed by atoms with Crippen LogP contribution >= 0.6 is 0 Å². The second kappa shape index (κ2) is 6.88. The van der Waals surface area contributed by atoms with Gasteiger partial charge in [-0.3, -0.25) is 4.90 Å². The smallest absolute Gasteiger partial charge is 0.0332 e. The number of likely N-dealkylation sites (N-methyl/N-ethyl adjacent to an activating group) is 1. The Morgan fingerprint density at radius 3 is 1.94 bits per heavy atom. The first-order valence-corrected chi connectivity index (χ1v) is 7.98. The molecule has 2 aliphatic rings. The molecule has 18 heavy (non-hydrogen) atoms. The molecule has 0 bridgehead atoms. The second-order valence-electron chi connectivity index (χ2n) is 6.12. The molecule has 3 heteroatoms. The Kier molecular flexibility index (Phi) is 5.46. The van der Waals surface area contributed by atoms with Gasteiger partial charge in [-0.05, 0) is 19.4 Å².